The van der Waals surface area contributed by atoms with Crippen LogP contribution in [0.5, 0.6) is 0 Å². The van der Waals surface area contributed by atoms with Crippen molar-refractivity contribution in [3.63, 3.8) is 0 Å². The number of hydrogen-bond donors (Lipinski definition) is 0. The molecule has 0 radical (unpaired) electrons. The number of aliphatic imine (C=N–C) groups is 1. The van der Waals surface area contributed by atoms with Crippen molar-refractivity contribution in [3.8, 4) is 0 Å². The first-order valence-electron chi connectivity index (χ1n) is 7.04. The van der Waals surface area contributed by atoms with Crippen LogP contribution in [0.4, 0.5) is 0 Å². The third-order valence-electron chi connectivity index (χ3n) is 3.06. The minimum Gasteiger partial charge on any atom is -0.463 e. The zero-order valence-electron chi connectivity index (χ0n) is 13.6. The van der Waals surface area contributed by atoms with E-state index in [0.717, 1.165) is 20.8 Å². The van der Waals surface area contributed by atoms with E-state index < -0.39 is 48.5 Å². The van der Waals surface area contributed by atoms with Gasteiger partial charge in [0.2, 0.25) is 6.08 Å². The van der Waals surface area contributed by atoms with Gasteiger partial charge in [-0.3, -0.25) is 14.4 Å². The molecule has 1 heterocycles. The second-order valence-corrected chi connectivity index (χ2v) is 4.93. The molecule has 1 fully saturated rings. The van der Waals surface area contributed by atoms with Gasteiger partial charge in [0.15, 0.2) is 18.4 Å². The molecular weight excluding hydrogens is 340 g/mol. The number of hydrogen-bond acceptors (Lipinski definition) is 10. The fourth-order valence-corrected chi connectivity index (χ4v) is 2.25. The minimum atomic E-state index is -1.37. The molecule has 0 N–H and O–H groups in total. The third kappa shape index (κ3) is 5.88. The molecule has 0 unspecified atom stereocenters. The number of rotatable bonds is 6. The van der Waals surface area contributed by atoms with E-state index in [1.54, 1.807) is 0 Å². The van der Waals surface area contributed by atoms with Crippen LogP contribution >= 0.6 is 0 Å². The van der Waals surface area contributed by atoms with E-state index in [-0.39, 0.29) is 6.61 Å². The number of carbonyl (C=O) groups excluding carboxylic acids is 4. The first-order valence-corrected chi connectivity index (χ1v) is 7.04. The van der Waals surface area contributed by atoms with Gasteiger partial charge >= 0.3 is 17.9 Å². The van der Waals surface area contributed by atoms with Gasteiger partial charge in [0, 0.05) is 25.7 Å². The molecule has 1 rings (SSSR count). The van der Waals surface area contributed by atoms with E-state index in [1.807, 2.05) is 0 Å². The molecule has 0 spiro atoms. The van der Waals surface area contributed by atoms with Gasteiger partial charge in [-0.15, -0.1) is 0 Å². The van der Waals surface area contributed by atoms with E-state index in [2.05, 4.69) is 15.0 Å². The predicted molar refractivity (Wildman–Crippen MR) is 77.5 cm³/mol. The van der Waals surface area contributed by atoms with Crippen molar-refractivity contribution in [1.82, 2.24) is 0 Å². The lowest BCUT2D eigenvalue weighted by atomic mass is 9.96. The number of ether oxygens (including phenoxy) is 4. The van der Waals surface area contributed by atoms with Crippen molar-refractivity contribution in [1.29, 1.82) is 0 Å². The summed E-state index contributed by atoms with van der Waals surface area (Å²) in [5, 5.41) is 3.35. The first kappa shape index (κ1) is 20.1. The Kier molecular flexibility index (Phi) is 7.54. The molecule has 12 nitrogen and oxygen atoms in total. The largest absolute Gasteiger partial charge is 0.463 e. The summed E-state index contributed by atoms with van der Waals surface area (Å²) in [6, 6.07) is -1.30. The lowest BCUT2D eigenvalue weighted by Gasteiger charge is -2.41. The number of carbonyl (C=O) groups is 3. The van der Waals surface area contributed by atoms with Gasteiger partial charge in [0.1, 0.15) is 18.8 Å². The molecular formula is C13H16N4O8. The van der Waals surface area contributed by atoms with Crippen LogP contribution in [0.1, 0.15) is 20.8 Å². The summed E-state index contributed by atoms with van der Waals surface area (Å²) in [6.07, 6.45) is -3.80. The quantitative estimate of drug-likeness (QED) is 0.123. The van der Waals surface area contributed by atoms with Crippen LogP contribution in [0.25, 0.3) is 10.4 Å². The fraction of sp³-hybridized carbons (Fsp3) is 0.692. The predicted octanol–water partition coefficient (Wildman–Crippen LogP) is 0.152. The van der Waals surface area contributed by atoms with E-state index >= 15 is 0 Å². The van der Waals surface area contributed by atoms with E-state index in [1.165, 1.54) is 6.08 Å². The average molecular weight is 356 g/mol. The van der Waals surface area contributed by atoms with Gasteiger partial charge in [-0.05, 0) is 5.53 Å². The number of esters is 3. The Morgan fingerprint density at radius 3 is 2.20 bits per heavy atom. The molecule has 0 aromatic heterocycles. The highest BCUT2D eigenvalue weighted by Gasteiger charge is 2.50. The maximum Gasteiger partial charge on any atom is 0.303 e. The van der Waals surface area contributed by atoms with Crippen molar-refractivity contribution < 1.29 is 38.1 Å². The molecule has 136 valence electrons. The standard InChI is InChI=1S/C13H16N4O8/c1-6(19)22-4-9-11(23-7(2)20)12(24-8(3)21)10(15-5-18)13(25-9)16-17-14/h9-13H,4H2,1-3H3/t9-,10-,11-,12-,13-/m1/s1. The van der Waals surface area contributed by atoms with Gasteiger partial charge in [-0.2, -0.15) is 4.99 Å². The third-order valence-corrected chi connectivity index (χ3v) is 3.06. The Morgan fingerprint density at radius 2 is 1.72 bits per heavy atom. The highest BCUT2D eigenvalue weighted by molar-refractivity contribution is 5.68. The van der Waals surface area contributed by atoms with Crippen molar-refractivity contribution >= 4 is 24.0 Å². The molecule has 25 heavy (non-hydrogen) atoms. The van der Waals surface area contributed by atoms with Crippen LogP contribution in [0.2, 0.25) is 0 Å². The molecule has 1 saturated heterocycles. The normalized spacial score (nSPS) is 27.9. The van der Waals surface area contributed by atoms with Gasteiger partial charge in [-0.25, -0.2) is 4.79 Å². The van der Waals surface area contributed by atoms with E-state index in [0.29, 0.717) is 0 Å². The summed E-state index contributed by atoms with van der Waals surface area (Å²) in [7, 11) is 0. The molecule has 0 aliphatic carbocycles. The Balaban J connectivity index is 3.28. The van der Waals surface area contributed by atoms with Crippen LogP contribution in [-0.2, 0) is 38.1 Å². The van der Waals surface area contributed by atoms with Crippen LogP contribution in [0, 0.1) is 0 Å². The van der Waals surface area contributed by atoms with E-state index in [4.69, 9.17) is 24.5 Å². The van der Waals surface area contributed by atoms with Gasteiger partial charge in [0.05, 0.1) is 0 Å². The van der Waals surface area contributed by atoms with Crippen LogP contribution in [0.15, 0.2) is 10.1 Å². The molecule has 5 atom stereocenters. The summed E-state index contributed by atoms with van der Waals surface area (Å²) in [4.78, 5) is 50.5. The highest BCUT2D eigenvalue weighted by Crippen LogP contribution is 2.29. The van der Waals surface area contributed by atoms with Crippen molar-refractivity contribution in [2.75, 3.05) is 6.61 Å². The lowest BCUT2D eigenvalue weighted by Crippen LogP contribution is -2.60. The minimum absolute atomic E-state index is 0.375. The Bertz CT molecular complexity index is 626. The highest BCUT2D eigenvalue weighted by atomic mass is 16.6. The molecule has 0 saturated carbocycles. The number of isocyanates is 1. The van der Waals surface area contributed by atoms with Gasteiger partial charge in [-0.1, -0.05) is 5.11 Å². The molecule has 0 amide bonds. The molecule has 1 aliphatic rings. The van der Waals surface area contributed by atoms with E-state index in [9.17, 15) is 19.2 Å². The van der Waals surface area contributed by atoms with Gasteiger partial charge in [0.25, 0.3) is 0 Å². The molecule has 0 aromatic carbocycles. The topological polar surface area (TPSA) is 166 Å². The monoisotopic (exact) mass is 356 g/mol. The number of nitrogens with zero attached hydrogens (tertiary/aromatic N) is 4. The lowest BCUT2D eigenvalue weighted by molar-refractivity contribution is -0.219. The summed E-state index contributed by atoms with van der Waals surface area (Å²) in [5.74, 6) is -2.14. The Morgan fingerprint density at radius 1 is 1.12 bits per heavy atom. The van der Waals surface area contributed by atoms with Crippen molar-refractivity contribution in [2.24, 2.45) is 10.1 Å². The fourth-order valence-electron chi connectivity index (χ4n) is 2.25. The summed E-state index contributed by atoms with van der Waals surface area (Å²) in [5.41, 5.74) is 8.65. The van der Waals surface area contributed by atoms with Crippen molar-refractivity contribution in [2.45, 2.75) is 51.4 Å². The van der Waals surface area contributed by atoms with Crippen LogP contribution in [0.3, 0.4) is 0 Å². The molecule has 1 aliphatic heterocycles. The molecule has 0 bridgehead atoms. The van der Waals surface area contributed by atoms with Crippen LogP contribution < -0.4 is 0 Å². The maximum absolute atomic E-state index is 11.4. The zero-order valence-corrected chi connectivity index (χ0v) is 13.6. The first-order chi connectivity index (χ1) is 11.8. The second kappa shape index (κ2) is 9.38. The average Bonchev–Trinajstić information content (AvgIpc) is 2.50. The van der Waals surface area contributed by atoms with Crippen molar-refractivity contribution in [3.05, 3.63) is 10.4 Å². The summed E-state index contributed by atoms with van der Waals surface area (Å²) in [6.45, 7) is 2.97. The molecule has 12 heteroatoms. The number of azide groups is 1. The SMILES string of the molecule is CC(=O)OC[C@H]1O[C@@H](N=[N+]=[N-])[C@H](N=C=O)[C@@H](OC(C)=O)[C@@H]1OC(C)=O. The maximum atomic E-state index is 11.4. The van der Waals surface area contributed by atoms with Gasteiger partial charge < -0.3 is 18.9 Å². The van der Waals surface area contributed by atoms with Crippen LogP contribution in [-0.4, -0.2) is 61.2 Å². The molecule has 0 aromatic rings. The Labute approximate surface area is 141 Å². The second-order valence-electron chi connectivity index (χ2n) is 4.93. The Hall–Kier alpha value is -2.94. The summed E-state index contributed by atoms with van der Waals surface area (Å²) >= 11 is 0. The summed E-state index contributed by atoms with van der Waals surface area (Å²) < 4.78 is 20.4. The zero-order chi connectivity index (χ0) is 19.0. The smallest absolute Gasteiger partial charge is 0.303 e.